The SMILES string of the molecule is O=C(Nc1cccc2cccnc12)[C@@H]1[C@H](C(=O)O)[C@H]2C=C[C@H]1C2. The molecular formula is C18H16N2O3. The number of benzene rings is 1. The largest absolute Gasteiger partial charge is 0.481 e. The van der Waals surface area contributed by atoms with Crippen LogP contribution < -0.4 is 5.32 Å². The molecule has 2 N–H and O–H groups in total. The smallest absolute Gasteiger partial charge is 0.307 e. The fourth-order valence-electron chi connectivity index (χ4n) is 3.94. The van der Waals surface area contributed by atoms with E-state index in [1.807, 2.05) is 36.4 Å². The first kappa shape index (κ1) is 13.9. The Labute approximate surface area is 133 Å². The summed E-state index contributed by atoms with van der Waals surface area (Å²) in [4.78, 5) is 28.6. The van der Waals surface area contributed by atoms with Crippen molar-refractivity contribution in [1.29, 1.82) is 0 Å². The second-order valence-corrected chi connectivity index (χ2v) is 6.21. The Morgan fingerprint density at radius 3 is 2.61 bits per heavy atom. The van der Waals surface area contributed by atoms with Gasteiger partial charge in [0.05, 0.1) is 23.0 Å². The van der Waals surface area contributed by atoms with Crippen LogP contribution in [0, 0.1) is 23.7 Å². The lowest BCUT2D eigenvalue weighted by molar-refractivity contribution is -0.146. The van der Waals surface area contributed by atoms with Crippen molar-refractivity contribution in [3.8, 4) is 0 Å². The van der Waals surface area contributed by atoms with Crippen molar-refractivity contribution in [3.05, 3.63) is 48.7 Å². The van der Waals surface area contributed by atoms with Gasteiger partial charge in [0.25, 0.3) is 0 Å². The van der Waals surface area contributed by atoms with E-state index in [0.717, 1.165) is 11.8 Å². The van der Waals surface area contributed by atoms with E-state index in [4.69, 9.17) is 0 Å². The molecule has 4 atom stereocenters. The van der Waals surface area contributed by atoms with E-state index in [-0.39, 0.29) is 17.7 Å². The molecule has 5 nitrogen and oxygen atoms in total. The molecule has 2 bridgehead atoms. The monoisotopic (exact) mass is 308 g/mol. The predicted molar refractivity (Wildman–Crippen MR) is 85.7 cm³/mol. The van der Waals surface area contributed by atoms with Crippen LogP contribution in [-0.2, 0) is 9.59 Å². The zero-order valence-electron chi connectivity index (χ0n) is 12.3. The van der Waals surface area contributed by atoms with Crippen LogP contribution in [0.4, 0.5) is 5.69 Å². The highest BCUT2D eigenvalue weighted by atomic mass is 16.4. The fourth-order valence-corrected chi connectivity index (χ4v) is 3.94. The van der Waals surface area contributed by atoms with Gasteiger partial charge in [0.1, 0.15) is 0 Å². The third kappa shape index (κ3) is 2.20. The molecule has 2 aromatic rings. The highest BCUT2D eigenvalue weighted by Gasteiger charge is 2.51. The molecule has 116 valence electrons. The first-order chi connectivity index (χ1) is 11.1. The molecule has 1 amide bonds. The molecule has 1 saturated carbocycles. The third-order valence-electron chi connectivity index (χ3n) is 4.94. The van der Waals surface area contributed by atoms with Gasteiger partial charge in [-0.2, -0.15) is 0 Å². The molecule has 0 saturated heterocycles. The van der Waals surface area contributed by atoms with E-state index in [1.54, 1.807) is 12.3 Å². The summed E-state index contributed by atoms with van der Waals surface area (Å²) in [5.41, 5.74) is 1.35. The molecule has 0 radical (unpaired) electrons. The van der Waals surface area contributed by atoms with Gasteiger partial charge in [-0.15, -0.1) is 0 Å². The summed E-state index contributed by atoms with van der Waals surface area (Å²) >= 11 is 0. The number of aliphatic carboxylic acids is 1. The lowest BCUT2D eigenvalue weighted by Gasteiger charge is -2.24. The number of aromatic nitrogens is 1. The van der Waals surface area contributed by atoms with Gasteiger partial charge < -0.3 is 10.4 Å². The molecule has 0 spiro atoms. The number of nitrogens with zero attached hydrogens (tertiary/aromatic N) is 1. The van der Waals surface area contributed by atoms with Gasteiger partial charge in [0, 0.05) is 11.6 Å². The number of para-hydroxylation sites is 1. The summed E-state index contributed by atoms with van der Waals surface area (Å²) in [6.07, 6.45) is 6.35. The standard InChI is InChI=1S/C18H16N2O3/c21-17(14-11-6-7-12(9-11)15(14)18(22)23)20-13-5-1-3-10-4-2-8-19-16(10)13/h1-8,11-12,14-15H,9H2,(H,20,21)(H,22,23)/t11-,12-,14-,15+/m0/s1. The van der Waals surface area contributed by atoms with Gasteiger partial charge >= 0.3 is 5.97 Å². The van der Waals surface area contributed by atoms with Crippen LogP contribution in [0.3, 0.4) is 0 Å². The molecule has 23 heavy (non-hydrogen) atoms. The molecule has 5 heteroatoms. The van der Waals surface area contributed by atoms with E-state index >= 15 is 0 Å². The van der Waals surface area contributed by atoms with E-state index in [9.17, 15) is 14.7 Å². The maximum absolute atomic E-state index is 12.7. The van der Waals surface area contributed by atoms with Gasteiger partial charge in [-0.05, 0) is 30.4 Å². The summed E-state index contributed by atoms with van der Waals surface area (Å²) in [7, 11) is 0. The minimum Gasteiger partial charge on any atom is -0.481 e. The molecule has 2 aliphatic carbocycles. The number of carboxylic acid groups (broad SMARTS) is 1. The Kier molecular flexibility index (Phi) is 3.15. The summed E-state index contributed by atoms with van der Waals surface area (Å²) in [6.45, 7) is 0. The van der Waals surface area contributed by atoms with E-state index < -0.39 is 17.8 Å². The van der Waals surface area contributed by atoms with Gasteiger partial charge in [0.2, 0.25) is 5.91 Å². The Bertz CT molecular complexity index is 825. The Morgan fingerprint density at radius 1 is 1.09 bits per heavy atom. The van der Waals surface area contributed by atoms with E-state index in [2.05, 4.69) is 10.3 Å². The number of carbonyl (C=O) groups is 2. The number of carbonyl (C=O) groups excluding carboxylic acids is 1. The van der Waals surface area contributed by atoms with Crippen molar-refractivity contribution in [3.63, 3.8) is 0 Å². The van der Waals surface area contributed by atoms with Gasteiger partial charge in [0.15, 0.2) is 0 Å². The number of hydrogen-bond acceptors (Lipinski definition) is 3. The summed E-state index contributed by atoms with van der Waals surface area (Å²) < 4.78 is 0. The van der Waals surface area contributed by atoms with Crippen LogP contribution in [0.2, 0.25) is 0 Å². The predicted octanol–water partition coefficient (Wildman–Crippen LogP) is 2.70. The van der Waals surface area contributed by atoms with Crippen molar-refractivity contribution >= 4 is 28.5 Å². The number of anilines is 1. The Balaban J connectivity index is 1.65. The van der Waals surface area contributed by atoms with Crippen LogP contribution >= 0.6 is 0 Å². The van der Waals surface area contributed by atoms with E-state index in [1.165, 1.54) is 0 Å². The number of allylic oxidation sites excluding steroid dienone is 2. The number of rotatable bonds is 3. The van der Waals surface area contributed by atoms with Crippen LogP contribution in [0.5, 0.6) is 0 Å². The molecule has 0 aliphatic heterocycles. The number of amides is 1. The van der Waals surface area contributed by atoms with Crippen LogP contribution in [0.25, 0.3) is 10.9 Å². The average Bonchev–Trinajstić information content (AvgIpc) is 3.16. The van der Waals surface area contributed by atoms with Gasteiger partial charge in [-0.3, -0.25) is 14.6 Å². The minimum absolute atomic E-state index is 0.0176. The highest BCUT2D eigenvalue weighted by molar-refractivity contribution is 6.02. The van der Waals surface area contributed by atoms with E-state index in [0.29, 0.717) is 11.2 Å². The number of nitrogens with one attached hydrogen (secondary N) is 1. The molecule has 0 unspecified atom stereocenters. The molecule has 1 aromatic heterocycles. The maximum atomic E-state index is 12.7. The number of carboxylic acids is 1. The third-order valence-corrected chi connectivity index (χ3v) is 4.94. The lowest BCUT2D eigenvalue weighted by atomic mass is 9.82. The summed E-state index contributed by atoms with van der Waals surface area (Å²) in [5.74, 6) is -2.28. The lowest BCUT2D eigenvalue weighted by Crippen LogP contribution is -2.36. The normalized spacial score (nSPS) is 28.2. The second kappa shape index (κ2) is 5.19. The van der Waals surface area contributed by atoms with Crippen molar-refractivity contribution in [2.45, 2.75) is 6.42 Å². The average molecular weight is 308 g/mol. The van der Waals surface area contributed by atoms with Crippen molar-refractivity contribution in [1.82, 2.24) is 4.98 Å². The first-order valence-electron chi connectivity index (χ1n) is 7.71. The number of pyridine rings is 1. The quantitative estimate of drug-likeness (QED) is 0.854. The Hall–Kier alpha value is -2.69. The second-order valence-electron chi connectivity index (χ2n) is 6.21. The van der Waals surface area contributed by atoms with Gasteiger partial charge in [-0.25, -0.2) is 0 Å². The maximum Gasteiger partial charge on any atom is 0.307 e. The molecule has 4 rings (SSSR count). The molecular weight excluding hydrogens is 292 g/mol. The van der Waals surface area contributed by atoms with Crippen molar-refractivity contribution < 1.29 is 14.7 Å². The zero-order valence-corrected chi connectivity index (χ0v) is 12.3. The molecule has 1 fully saturated rings. The van der Waals surface area contributed by atoms with Crippen LogP contribution in [-0.4, -0.2) is 22.0 Å². The molecule has 1 heterocycles. The number of hydrogen-bond donors (Lipinski definition) is 2. The van der Waals surface area contributed by atoms with Crippen LogP contribution in [0.15, 0.2) is 48.7 Å². The summed E-state index contributed by atoms with van der Waals surface area (Å²) in [6, 6.07) is 9.35. The van der Waals surface area contributed by atoms with Crippen molar-refractivity contribution in [2.24, 2.45) is 23.7 Å². The fraction of sp³-hybridized carbons (Fsp3) is 0.278. The van der Waals surface area contributed by atoms with Gasteiger partial charge in [-0.1, -0.05) is 30.4 Å². The highest BCUT2D eigenvalue weighted by Crippen LogP contribution is 2.48. The molecule has 1 aromatic carbocycles. The topological polar surface area (TPSA) is 79.3 Å². The first-order valence-corrected chi connectivity index (χ1v) is 7.71. The van der Waals surface area contributed by atoms with Crippen molar-refractivity contribution in [2.75, 3.05) is 5.32 Å². The van der Waals surface area contributed by atoms with Crippen LogP contribution in [0.1, 0.15) is 6.42 Å². The Morgan fingerprint density at radius 2 is 1.83 bits per heavy atom. The minimum atomic E-state index is -0.891. The molecule has 2 aliphatic rings. The zero-order chi connectivity index (χ0) is 16.0. The number of fused-ring (bicyclic) bond motifs is 3. The summed E-state index contributed by atoms with van der Waals surface area (Å²) in [5, 5.41) is 13.3.